The molecule has 0 saturated heterocycles. The molecule has 3 aromatic rings. The van der Waals surface area contributed by atoms with E-state index < -0.39 is 6.09 Å². The van der Waals surface area contributed by atoms with E-state index in [0.29, 0.717) is 24.7 Å². The third-order valence-electron chi connectivity index (χ3n) is 5.13. The fourth-order valence-corrected chi connectivity index (χ4v) is 3.54. The molecule has 1 amide bonds. The van der Waals surface area contributed by atoms with Gasteiger partial charge in [-0.2, -0.15) is 10.1 Å². The highest BCUT2D eigenvalue weighted by Crippen LogP contribution is 2.33. The number of hydrogen-bond acceptors (Lipinski definition) is 8. The molecule has 0 radical (unpaired) electrons. The molecule has 1 aliphatic heterocycles. The molecule has 30 heavy (non-hydrogen) atoms. The van der Waals surface area contributed by atoms with Crippen molar-refractivity contribution < 1.29 is 14.3 Å². The highest BCUT2D eigenvalue weighted by Gasteiger charge is 2.17. The Morgan fingerprint density at radius 3 is 2.90 bits per heavy atom. The molecule has 0 saturated carbocycles. The van der Waals surface area contributed by atoms with Crippen LogP contribution in [0.2, 0.25) is 0 Å². The predicted octanol–water partition coefficient (Wildman–Crippen LogP) is 1.92. The molecule has 158 valence electrons. The van der Waals surface area contributed by atoms with E-state index >= 15 is 0 Å². The van der Waals surface area contributed by atoms with Gasteiger partial charge in [0.1, 0.15) is 5.75 Å². The average Bonchev–Trinajstić information content (AvgIpc) is 3.15. The van der Waals surface area contributed by atoms with Gasteiger partial charge in [0.2, 0.25) is 5.95 Å². The number of alkyl carbamates (subject to hydrolysis) is 1. The van der Waals surface area contributed by atoms with E-state index in [1.807, 2.05) is 0 Å². The van der Waals surface area contributed by atoms with Crippen LogP contribution >= 0.6 is 0 Å². The molecule has 1 aromatic carbocycles. The minimum atomic E-state index is -0.478. The Labute approximate surface area is 174 Å². The van der Waals surface area contributed by atoms with Crippen LogP contribution in [0, 0.1) is 0 Å². The van der Waals surface area contributed by atoms with Crippen molar-refractivity contribution in [2.24, 2.45) is 0 Å². The number of nitrogens with zero attached hydrogens (tertiary/aromatic N) is 5. The molecule has 0 unspecified atom stereocenters. The number of anilines is 2. The van der Waals surface area contributed by atoms with E-state index in [9.17, 15) is 4.79 Å². The monoisotopic (exact) mass is 411 g/mol. The van der Waals surface area contributed by atoms with Crippen LogP contribution in [-0.2, 0) is 24.2 Å². The van der Waals surface area contributed by atoms with Crippen LogP contribution in [0.5, 0.6) is 5.75 Å². The molecule has 0 spiro atoms. The van der Waals surface area contributed by atoms with Crippen LogP contribution in [0.1, 0.15) is 11.1 Å². The van der Waals surface area contributed by atoms with Crippen molar-refractivity contribution in [3.05, 3.63) is 35.7 Å². The van der Waals surface area contributed by atoms with E-state index in [4.69, 9.17) is 4.74 Å². The van der Waals surface area contributed by atoms with E-state index in [2.05, 4.69) is 54.5 Å². The summed E-state index contributed by atoms with van der Waals surface area (Å²) in [5, 5.41) is 11.1. The zero-order chi connectivity index (χ0) is 21.1. The normalized spacial score (nSPS) is 13.7. The van der Waals surface area contributed by atoms with Gasteiger partial charge >= 0.3 is 6.09 Å². The lowest BCUT2D eigenvalue weighted by Gasteiger charge is -2.26. The van der Waals surface area contributed by atoms with Gasteiger partial charge in [-0.25, -0.2) is 14.5 Å². The first kappa shape index (κ1) is 19.9. The third-order valence-corrected chi connectivity index (χ3v) is 5.13. The summed E-state index contributed by atoms with van der Waals surface area (Å²) in [6, 6.07) is 4.20. The molecule has 2 N–H and O–H groups in total. The van der Waals surface area contributed by atoms with Crippen molar-refractivity contribution in [2.45, 2.75) is 19.5 Å². The van der Waals surface area contributed by atoms with Crippen LogP contribution in [0.15, 0.2) is 24.5 Å². The van der Waals surface area contributed by atoms with Gasteiger partial charge in [0.25, 0.3) is 0 Å². The average molecular weight is 411 g/mol. The molecule has 0 fully saturated rings. The van der Waals surface area contributed by atoms with Crippen molar-refractivity contribution in [1.82, 2.24) is 30.0 Å². The molecule has 2 aromatic heterocycles. The first-order valence-corrected chi connectivity index (χ1v) is 9.73. The number of ether oxygens (including phenoxy) is 2. The fourth-order valence-electron chi connectivity index (χ4n) is 3.54. The lowest BCUT2D eigenvalue weighted by Crippen LogP contribution is -2.27. The van der Waals surface area contributed by atoms with Gasteiger partial charge in [-0.05, 0) is 36.7 Å². The molecule has 0 atom stereocenters. The SMILES string of the molecule is COC(=O)NCCn1ncc2cnc(Nc3cc4c(cc3OC)CCN(C)C4)nc21. The number of fused-ring (bicyclic) bond motifs is 2. The van der Waals surface area contributed by atoms with Crippen LogP contribution < -0.4 is 15.4 Å². The van der Waals surface area contributed by atoms with Gasteiger partial charge in [0.05, 0.1) is 38.0 Å². The van der Waals surface area contributed by atoms with Gasteiger partial charge < -0.3 is 25.0 Å². The number of aromatic nitrogens is 4. The first-order valence-electron chi connectivity index (χ1n) is 9.73. The smallest absolute Gasteiger partial charge is 0.406 e. The minimum absolute atomic E-state index is 0.377. The highest BCUT2D eigenvalue weighted by atomic mass is 16.5. The lowest BCUT2D eigenvalue weighted by atomic mass is 9.99. The Hall–Kier alpha value is -3.40. The van der Waals surface area contributed by atoms with Crippen molar-refractivity contribution in [1.29, 1.82) is 0 Å². The number of carbonyl (C=O) groups is 1. The second kappa shape index (κ2) is 8.54. The van der Waals surface area contributed by atoms with Gasteiger partial charge in [-0.3, -0.25) is 0 Å². The maximum absolute atomic E-state index is 11.2. The molecule has 4 rings (SSSR count). The number of amides is 1. The number of hydrogen-bond donors (Lipinski definition) is 2. The second-order valence-electron chi connectivity index (χ2n) is 7.19. The van der Waals surface area contributed by atoms with Crippen molar-refractivity contribution in [3.63, 3.8) is 0 Å². The molecular weight excluding hydrogens is 386 g/mol. The third kappa shape index (κ3) is 4.13. The summed E-state index contributed by atoms with van der Waals surface area (Å²) in [6.45, 7) is 2.78. The number of nitrogens with one attached hydrogen (secondary N) is 2. The fraction of sp³-hybridized carbons (Fsp3) is 0.400. The topological polar surface area (TPSA) is 106 Å². The zero-order valence-corrected chi connectivity index (χ0v) is 17.3. The summed E-state index contributed by atoms with van der Waals surface area (Å²) in [7, 11) is 5.11. The second-order valence-corrected chi connectivity index (χ2v) is 7.19. The maximum atomic E-state index is 11.2. The summed E-state index contributed by atoms with van der Waals surface area (Å²) in [5.41, 5.74) is 4.08. The van der Waals surface area contributed by atoms with Crippen LogP contribution in [0.25, 0.3) is 11.0 Å². The summed E-state index contributed by atoms with van der Waals surface area (Å²) >= 11 is 0. The van der Waals surface area contributed by atoms with Crippen molar-refractivity contribution >= 4 is 28.8 Å². The molecule has 10 heteroatoms. The van der Waals surface area contributed by atoms with E-state index in [1.54, 1.807) is 24.2 Å². The van der Waals surface area contributed by atoms with Crippen LogP contribution in [0.4, 0.5) is 16.4 Å². The number of benzene rings is 1. The quantitative estimate of drug-likeness (QED) is 0.634. The first-order chi connectivity index (χ1) is 14.6. The van der Waals surface area contributed by atoms with E-state index in [-0.39, 0.29) is 0 Å². The van der Waals surface area contributed by atoms with Crippen molar-refractivity contribution in [3.8, 4) is 5.75 Å². The molecule has 1 aliphatic rings. The Morgan fingerprint density at radius 2 is 2.10 bits per heavy atom. The van der Waals surface area contributed by atoms with E-state index in [1.165, 1.54) is 18.2 Å². The Kier molecular flexibility index (Phi) is 5.66. The highest BCUT2D eigenvalue weighted by molar-refractivity contribution is 5.76. The number of carbonyl (C=O) groups excluding carboxylic acids is 1. The number of rotatable bonds is 6. The predicted molar refractivity (Wildman–Crippen MR) is 112 cm³/mol. The molecule has 0 bridgehead atoms. The molecule has 0 aliphatic carbocycles. The van der Waals surface area contributed by atoms with Crippen LogP contribution in [-0.4, -0.2) is 65.1 Å². The summed E-state index contributed by atoms with van der Waals surface area (Å²) < 4.78 is 11.9. The number of methoxy groups -OCH3 is 2. The molecule has 3 heterocycles. The van der Waals surface area contributed by atoms with Gasteiger partial charge in [-0.1, -0.05) is 0 Å². The van der Waals surface area contributed by atoms with Gasteiger partial charge in [0, 0.05) is 25.8 Å². The van der Waals surface area contributed by atoms with Crippen molar-refractivity contribution in [2.75, 3.05) is 39.7 Å². The van der Waals surface area contributed by atoms with Gasteiger partial charge in [-0.15, -0.1) is 0 Å². The standard InChI is InChI=1S/C20H25N7O3/c1-26-6-4-13-9-17(29-2)16(8-14(13)12-26)24-19-22-10-15-11-23-27(18(15)25-19)7-5-21-20(28)30-3/h8-11H,4-7,12H2,1-3H3,(H,21,28)(H,22,24,25). The minimum Gasteiger partial charge on any atom is -0.495 e. The summed E-state index contributed by atoms with van der Waals surface area (Å²) in [5.74, 6) is 1.21. The zero-order valence-electron chi connectivity index (χ0n) is 17.3. The number of likely N-dealkylation sites (N-methyl/N-ethyl adjacent to an activating group) is 1. The maximum Gasteiger partial charge on any atom is 0.406 e. The van der Waals surface area contributed by atoms with E-state index in [0.717, 1.165) is 36.3 Å². The molecule has 10 nitrogen and oxygen atoms in total. The summed E-state index contributed by atoms with van der Waals surface area (Å²) in [6.07, 6.45) is 3.95. The van der Waals surface area contributed by atoms with Gasteiger partial charge in [0.15, 0.2) is 5.65 Å². The Balaban J connectivity index is 1.57. The Bertz CT molecular complexity index is 1070. The molecular formula is C20H25N7O3. The Morgan fingerprint density at radius 1 is 1.23 bits per heavy atom. The summed E-state index contributed by atoms with van der Waals surface area (Å²) in [4.78, 5) is 22.6. The van der Waals surface area contributed by atoms with Crippen LogP contribution in [0.3, 0.4) is 0 Å². The largest absolute Gasteiger partial charge is 0.495 e. The lowest BCUT2D eigenvalue weighted by molar-refractivity contribution is 0.170.